The first-order valence-electron chi connectivity index (χ1n) is 8.70. The summed E-state index contributed by atoms with van der Waals surface area (Å²) < 4.78 is 0. The second-order valence-electron chi connectivity index (χ2n) is 5.96. The number of hydrogen-bond acceptors (Lipinski definition) is 2. The van der Waals surface area contributed by atoms with Gasteiger partial charge in [-0.25, -0.2) is 4.99 Å². The molecule has 2 N–H and O–H groups in total. The van der Waals surface area contributed by atoms with E-state index in [-0.39, 0.29) is 6.04 Å². The SMILES string of the molecule is CCNC(=NCc1cccc2cccnc12)NC(C)c1ccccc1. The van der Waals surface area contributed by atoms with Crippen LogP contribution in [0.2, 0.25) is 0 Å². The molecule has 0 aliphatic heterocycles. The Balaban J connectivity index is 1.78. The lowest BCUT2D eigenvalue weighted by atomic mass is 10.1. The van der Waals surface area contributed by atoms with E-state index in [0.717, 1.165) is 29.0 Å². The Morgan fingerprint density at radius 2 is 1.84 bits per heavy atom. The van der Waals surface area contributed by atoms with Crippen molar-refractivity contribution in [3.8, 4) is 0 Å². The van der Waals surface area contributed by atoms with Gasteiger partial charge in [0.05, 0.1) is 18.1 Å². The number of hydrogen-bond donors (Lipinski definition) is 2. The lowest BCUT2D eigenvalue weighted by molar-refractivity contribution is 0.686. The van der Waals surface area contributed by atoms with Crippen LogP contribution in [0.15, 0.2) is 71.9 Å². The average molecular weight is 332 g/mol. The summed E-state index contributed by atoms with van der Waals surface area (Å²) in [6.45, 7) is 5.62. The number of aromatic nitrogens is 1. The molecule has 0 amide bonds. The molecule has 0 bridgehead atoms. The average Bonchev–Trinajstić information content (AvgIpc) is 2.67. The zero-order chi connectivity index (χ0) is 17.5. The summed E-state index contributed by atoms with van der Waals surface area (Å²) in [6, 6.07) is 20.8. The fraction of sp³-hybridized carbons (Fsp3) is 0.238. The van der Waals surface area contributed by atoms with E-state index in [1.165, 1.54) is 5.56 Å². The van der Waals surface area contributed by atoms with Crippen molar-refractivity contribution in [2.75, 3.05) is 6.54 Å². The molecule has 128 valence electrons. The quantitative estimate of drug-likeness (QED) is 0.547. The van der Waals surface area contributed by atoms with Gasteiger partial charge in [0.25, 0.3) is 0 Å². The largest absolute Gasteiger partial charge is 0.357 e. The summed E-state index contributed by atoms with van der Waals surface area (Å²) in [5.74, 6) is 0.812. The van der Waals surface area contributed by atoms with Crippen LogP contribution in [0.4, 0.5) is 0 Å². The van der Waals surface area contributed by atoms with Gasteiger partial charge >= 0.3 is 0 Å². The summed E-state index contributed by atoms with van der Waals surface area (Å²) in [4.78, 5) is 9.26. The Morgan fingerprint density at radius 3 is 2.64 bits per heavy atom. The Labute approximate surface area is 149 Å². The maximum absolute atomic E-state index is 4.75. The first kappa shape index (κ1) is 17.0. The first-order chi connectivity index (χ1) is 12.3. The monoisotopic (exact) mass is 332 g/mol. The smallest absolute Gasteiger partial charge is 0.192 e. The van der Waals surface area contributed by atoms with Crippen LogP contribution in [0.1, 0.15) is 31.0 Å². The standard InChI is InChI=1S/C21H24N4/c1-3-22-21(25-16(2)17-9-5-4-6-10-17)24-15-19-12-7-11-18-13-8-14-23-20(18)19/h4-14,16H,3,15H2,1-2H3,(H2,22,24,25). The van der Waals surface area contributed by atoms with E-state index in [4.69, 9.17) is 4.99 Å². The highest BCUT2D eigenvalue weighted by Crippen LogP contribution is 2.17. The van der Waals surface area contributed by atoms with Gasteiger partial charge in [-0.15, -0.1) is 0 Å². The molecule has 0 aliphatic rings. The van der Waals surface area contributed by atoms with E-state index in [2.05, 4.69) is 78.0 Å². The van der Waals surface area contributed by atoms with Crippen LogP contribution in [0.25, 0.3) is 10.9 Å². The van der Waals surface area contributed by atoms with Crippen molar-refractivity contribution in [2.45, 2.75) is 26.4 Å². The van der Waals surface area contributed by atoms with E-state index in [1.807, 2.05) is 18.3 Å². The molecule has 0 spiro atoms. The summed E-state index contributed by atoms with van der Waals surface area (Å²) in [5.41, 5.74) is 3.38. The second kappa shape index (κ2) is 8.29. The topological polar surface area (TPSA) is 49.3 Å². The molecule has 0 fully saturated rings. The van der Waals surface area contributed by atoms with Gasteiger partial charge in [0, 0.05) is 18.1 Å². The molecule has 4 heteroatoms. The van der Waals surface area contributed by atoms with Gasteiger partial charge < -0.3 is 10.6 Å². The Bertz CT molecular complexity index is 837. The highest BCUT2D eigenvalue weighted by molar-refractivity contribution is 5.83. The molecular formula is C21H24N4. The molecule has 3 rings (SSSR count). The molecule has 0 saturated heterocycles. The number of benzene rings is 2. The number of nitrogens with zero attached hydrogens (tertiary/aromatic N) is 2. The molecule has 1 atom stereocenters. The number of para-hydroxylation sites is 1. The van der Waals surface area contributed by atoms with Crippen molar-refractivity contribution in [2.24, 2.45) is 4.99 Å². The molecule has 0 radical (unpaired) electrons. The van der Waals surface area contributed by atoms with Crippen LogP contribution in [0.5, 0.6) is 0 Å². The van der Waals surface area contributed by atoms with Gasteiger partial charge in [0.2, 0.25) is 0 Å². The first-order valence-corrected chi connectivity index (χ1v) is 8.70. The second-order valence-corrected chi connectivity index (χ2v) is 5.96. The van der Waals surface area contributed by atoms with Crippen molar-refractivity contribution in [1.29, 1.82) is 0 Å². The molecule has 0 aliphatic carbocycles. The van der Waals surface area contributed by atoms with Crippen molar-refractivity contribution in [3.05, 3.63) is 78.0 Å². The molecule has 1 aromatic heterocycles. The zero-order valence-electron chi connectivity index (χ0n) is 14.7. The van der Waals surface area contributed by atoms with Crippen LogP contribution in [-0.2, 0) is 6.54 Å². The lowest BCUT2D eigenvalue weighted by Crippen LogP contribution is -2.38. The van der Waals surface area contributed by atoms with Crippen LogP contribution < -0.4 is 10.6 Å². The van der Waals surface area contributed by atoms with Crippen molar-refractivity contribution < 1.29 is 0 Å². The number of rotatable bonds is 5. The Hall–Kier alpha value is -2.88. The number of guanidine groups is 1. The number of aliphatic imine (C=N–C) groups is 1. The third kappa shape index (κ3) is 4.35. The minimum Gasteiger partial charge on any atom is -0.357 e. The highest BCUT2D eigenvalue weighted by Gasteiger charge is 2.07. The minimum absolute atomic E-state index is 0.185. The van der Waals surface area contributed by atoms with Gasteiger partial charge in [-0.3, -0.25) is 4.98 Å². The maximum atomic E-state index is 4.75. The Morgan fingerprint density at radius 1 is 1.04 bits per heavy atom. The van der Waals surface area contributed by atoms with Crippen molar-refractivity contribution >= 4 is 16.9 Å². The zero-order valence-corrected chi connectivity index (χ0v) is 14.7. The van der Waals surface area contributed by atoms with E-state index in [9.17, 15) is 0 Å². The molecular weight excluding hydrogens is 308 g/mol. The number of fused-ring (bicyclic) bond motifs is 1. The van der Waals surface area contributed by atoms with Gasteiger partial charge in [-0.05, 0) is 31.0 Å². The molecule has 2 aromatic carbocycles. The third-order valence-electron chi connectivity index (χ3n) is 4.12. The summed E-state index contributed by atoms with van der Waals surface area (Å²) in [7, 11) is 0. The Kier molecular flexibility index (Phi) is 5.62. The number of pyridine rings is 1. The van der Waals surface area contributed by atoms with Crippen LogP contribution in [0, 0.1) is 0 Å². The van der Waals surface area contributed by atoms with Crippen LogP contribution in [-0.4, -0.2) is 17.5 Å². The predicted octanol–water partition coefficient (Wildman–Crippen LogP) is 4.05. The van der Waals surface area contributed by atoms with Crippen LogP contribution >= 0.6 is 0 Å². The molecule has 1 unspecified atom stereocenters. The normalized spacial score (nSPS) is 12.8. The van der Waals surface area contributed by atoms with Crippen LogP contribution in [0.3, 0.4) is 0 Å². The molecule has 3 aromatic rings. The predicted molar refractivity (Wildman–Crippen MR) is 105 cm³/mol. The molecule has 25 heavy (non-hydrogen) atoms. The van der Waals surface area contributed by atoms with Gasteiger partial charge in [-0.1, -0.05) is 54.6 Å². The number of nitrogens with one attached hydrogen (secondary N) is 2. The third-order valence-corrected chi connectivity index (χ3v) is 4.12. The minimum atomic E-state index is 0.185. The van der Waals surface area contributed by atoms with Gasteiger partial charge in [0.1, 0.15) is 0 Å². The summed E-state index contributed by atoms with van der Waals surface area (Å²) in [6.07, 6.45) is 1.83. The van der Waals surface area contributed by atoms with Gasteiger partial charge in [-0.2, -0.15) is 0 Å². The molecule has 0 saturated carbocycles. The molecule has 1 heterocycles. The van der Waals surface area contributed by atoms with Crippen molar-refractivity contribution in [3.63, 3.8) is 0 Å². The van der Waals surface area contributed by atoms with E-state index in [0.29, 0.717) is 6.54 Å². The summed E-state index contributed by atoms with van der Waals surface area (Å²) in [5, 5.41) is 7.94. The van der Waals surface area contributed by atoms with Crippen molar-refractivity contribution in [1.82, 2.24) is 15.6 Å². The molecule has 4 nitrogen and oxygen atoms in total. The van der Waals surface area contributed by atoms with E-state index >= 15 is 0 Å². The fourth-order valence-electron chi connectivity index (χ4n) is 2.81. The van der Waals surface area contributed by atoms with E-state index < -0.39 is 0 Å². The maximum Gasteiger partial charge on any atom is 0.192 e. The van der Waals surface area contributed by atoms with E-state index in [1.54, 1.807) is 0 Å². The summed E-state index contributed by atoms with van der Waals surface area (Å²) >= 11 is 0. The lowest BCUT2D eigenvalue weighted by Gasteiger charge is -2.18. The fourth-order valence-corrected chi connectivity index (χ4v) is 2.81. The highest BCUT2D eigenvalue weighted by atomic mass is 15.2. The van der Waals surface area contributed by atoms with Gasteiger partial charge in [0.15, 0.2) is 5.96 Å².